The predicted octanol–water partition coefficient (Wildman–Crippen LogP) is 1.87. The van der Waals surface area contributed by atoms with Crippen LogP contribution < -0.4 is 0 Å². The molecule has 1 aliphatic heterocycles. The first-order chi connectivity index (χ1) is 8.29. The van der Waals surface area contributed by atoms with Crippen LogP contribution in [0.25, 0.3) is 0 Å². The highest BCUT2D eigenvalue weighted by atomic mass is 16.5. The van der Waals surface area contributed by atoms with Crippen molar-refractivity contribution in [1.82, 2.24) is 4.90 Å². The number of morpholine rings is 1. The van der Waals surface area contributed by atoms with Crippen molar-refractivity contribution < 1.29 is 14.3 Å². The summed E-state index contributed by atoms with van der Waals surface area (Å²) in [4.78, 5) is 14.6. The molecule has 1 fully saturated rings. The molecule has 1 saturated heterocycles. The lowest BCUT2D eigenvalue weighted by Gasteiger charge is -2.40. The molecular formula is C14H27NO3. The number of carbonyl (C=O) groups is 1. The highest BCUT2D eigenvalue weighted by Gasteiger charge is 2.35. The Morgan fingerprint density at radius 1 is 1.22 bits per heavy atom. The lowest BCUT2D eigenvalue weighted by atomic mass is 9.89. The third kappa shape index (κ3) is 4.04. The molecule has 0 unspecified atom stereocenters. The van der Waals surface area contributed by atoms with Crippen LogP contribution in [0.4, 0.5) is 0 Å². The van der Waals surface area contributed by atoms with Gasteiger partial charge in [-0.15, -0.1) is 0 Å². The van der Waals surface area contributed by atoms with Crippen LogP contribution in [0, 0.1) is 0 Å². The van der Waals surface area contributed by atoms with Gasteiger partial charge in [0.05, 0.1) is 24.4 Å². The van der Waals surface area contributed by atoms with Crippen LogP contribution in [0.2, 0.25) is 0 Å². The van der Waals surface area contributed by atoms with E-state index in [9.17, 15) is 4.79 Å². The highest BCUT2D eigenvalue weighted by molar-refractivity contribution is 5.87. The summed E-state index contributed by atoms with van der Waals surface area (Å²) < 4.78 is 10.7. The van der Waals surface area contributed by atoms with Crippen molar-refractivity contribution in [2.24, 2.45) is 0 Å². The second kappa shape index (κ2) is 6.13. The summed E-state index contributed by atoms with van der Waals surface area (Å²) in [6, 6.07) is 0. The van der Waals surface area contributed by atoms with Gasteiger partial charge in [-0.25, -0.2) is 0 Å². The summed E-state index contributed by atoms with van der Waals surface area (Å²) in [5.74, 6) is 0.287. The number of Topliss-reactive ketones (excluding diaryl/α,β-unsaturated/α-hetero) is 1. The first-order valence-electron chi connectivity index (χ1n) is 6.71. The SMILES string of the molecule is COC(C)(C)CCC(=O)C(C)(C)N1CCOCC1. The van der Waals surface area contributed by atoms with E-state index in [4.69, 9.17) is 9.47 Å². The molecule has 0 spiro atoms. The molecule has 4 nitrogen and oxygen atoms in total. The molecule has 0 aromatic carbocycles. The summed E-state index contributed by atoms with van der Waals surface area (Å²) in [7, 11) is 1.69. The number of ketones is 1. The number of hydrogen-bond donors (Lipinski definition) is 0. The molecule has 1 heterocycles. The van der Waals surface area contributed by atoms with E-state index >= 15 is 0 Å². The third-order valence-corrected chi connectivity index (χ3v) is 3.99. The van der Waals surface area contributed by atoms with Gasteiger partial charge in [0, 0.05) is 26.6 Å². The fourth-order valence-corrected chi connectivity index (χ4v) is 2.12. The van der Waals surface area contributed by atoms with Gasteiger partial charge < -0.3 is 9.47 Å². The maximum Gasteiger partial charge on any atom is 0.152 e. The standard InChI is InChI=1S/C14H27NO3/c1-13(2,17-5)7-6-12(16)14(3,4)15-8-10-18-11-9-15/h6-11H2,1-5H3. The fourth-order valence-electron chi connectivity index (χ4n) is 2.12. The number of hydrogen-bond acceptors (Lipinski definition) is 4. The van der Waals surface area contributed by atoms with Crippen molar-refractivity contribution in [3.05, 3.63) is 0 Å². The molecule has 18 heavy (non-hydrogen) atoms. The molecule has 0 atom stereocenters. The van der Waals surface area contributed by atoms with Gasteiger partial charge in [-0.3, -0.25) is 9.69 Å². The quantitative estimate of drug-likeness (QED) is 0.728. The number of methoxy groups -OCH3 is 1. The predicted molar refractivity (Wildman–Crippen MR) is 71.8 cm³/mol. The van der Waals surface area contributed by atoms with Crippen LogP contribution in [0.3, 0.4) is 0 Å². The van der Waals surface area contributed by atoms with Crippen LogP contribution in [0.1, 0.15) is 40.5 Å². The first kappa shape index (κ1) is 15.6. The van der Waals surface area contributed by atoms with Crippen molar-refractivity contribution in [3.63, 3.8) is 0 Å². The van der Waals surface area contributed by atoms with Gasteiger partial charge >= 0.3 is 0 Å². The largest absolute Gasteiger partial charge is 0.379 e. The van der Waals surface area contributed by atoms with Gasteiger partial charge in [-0.05, 0) is 34.1 Å². The average molecular weight is 257 g/mol. The fraction of sp³-hybridized carbons (Fsp3) is 0.929. The van der Waals surface area contributed by atoms with Crippen LogP contribution in [-0.2, 0) is 14.3 Å². The van der Waals surface area contributed by atoms with Gasteiger partial charge in [0.2, 0.25) is 0 Å². The Morgan fingerprint density at radius 2 is 1.78 bits per heavy atom. The average Bonchev–Trinajstić information content (AvgIpc) is 2.37. The van der Waals surface area contributed by atoms with Crippen LogP contribution in [0.15, 0.2) is 0 Å². The molecule has 0 aromatic rings. The molecule has 4 heteroatoms. The number of rotatable bonds is 6. The first-order valence-corrected chi connectivity index (χ1v) is 6.71. The van der Waals surface area contributed by atoms with Gasteiger partial charge in [0.15, 0.2) is 5.78 Å². The van der Waals surface area contributed by atoms with E-state index in [1.807, 2.05) is 27.7 Å². The summed E-state index contributed by atoms with van der Waals surface area (Å²) in [6.45, 7) is 11.2. The van der Waals surface area contributed by atoms with E-state index in [1.54, 1.807) is 7.11 Å². The Bertz CT molecular complexity index is 281. The zero-order chi connectivity index (χ0) is 13.8. The highest BCUT2D eigenvalue weighted by Crippen LogP contribution is 2.23. The van der Waals surface area contributed by atoms with Gasteiger partial charge in [-0.1, -0.05) is 0 Å². The molecule has 0 aliphatic carbocycles. The lowest BCUT2D eigenvalue weighted by molar-refractivity contribution is -0.133. The summed E-state index contributed by atoms with van der Waals surface area (Å²) in [5, 5.41) is 0. The van der Waals surface area contributed by atoms with Crippen LogP contribution in [-0.4, -0.2) is 55.2 Å². The Hall–Kier alpha value is -0.450. The van der Waals surface area contributed by atoms with Gasteiger partial charge in [-0.2, -0.15) is 0 Å². The molecule has 0 aromatic heterocycles. The Labute approximate surface area is 111 Å². The van der Waals surface area contributed by atoms with Gasteiger partial charge in [0.1, 0.15) is 0 Å². The molecule has 106 valence electrons. The number of carbonyl (C=O) groups excluding carboxylic acids is 1. The monoisotopic (exact) mass is 257 g/mol. The minimum absolute atomic E-state index is 0.225. The summed E-state index contributed by atoms with van der Waals surface area (Å²) in [5.41, 5.74) is -0.621. The Kier molecular flexibility index (Phi) is 5.32. The summed E-state index contributed by atoms with van der Waals surface area (Å²) in [6.07, 6.45) is 1.32. The molecule has 1 aliphatic rings. The smallest absolute Gasteiger partial charge is 0.152 e. The van der Waals surface area contributed by atoms with E-state index in [0.717, 1.165) is 32.7 Å². The summed E-state index contributed by atoms with van der Waals surface area (Å²) >= 11 is 0. The zero-order valence-corrected chi connectivity index (χ0v) is 12.4. The second-order valence-electron chi connectivity index (χ2n) is 6.05. The van der Waals surface area contributed by atoms with Gasteiger partial charge in [0.25, 0.3) is 0 Å². The minimum Gasteiger partial charge on any atom is -0.379 e. The maximum atomic E-state index is 12.4. The zero-order valence-electron chi connectivity index (χ0n) is 12.4. The number of ether oxygens (including phenoxy) is 2. The number of nitrogens with zero attached hydrogens (tertiary/aromatic N) is 1. The molecule has 0 N–H and O–H groups in total. The molecule has 0 radical (unpaired) electrons. The second-order valence-corrected chi connectivity index (χ2v) is 6.05. The Morgan fingerprint density at radius 3 is 2.28 bits per heavy atom. The minimum atomic E-state index is -0.395. The molecule has 0 amide bonds. The normalized spacial score (nSPS) is 18.9. The lowest BCUT2D eigenvalue weighted by Crippen LogP contribution is -2.54. The molecule has 0 bridgehead atoms. The van der Waals surface area contributed by atoms with Crippen molar-refractivity contribution >= 4 is 5.78 Å². The van der Waals surface area contributed by atoms with Crippen molar-refractivity contribution in [1.29, 1.82) is 0 Å². The maximum absolute atomic E-state index is 12.4. The Balaban J connectivity index is 2.53. The van der Waals surface area contributed by atoms with E-state index < -0.39 is 5.54 Å². The van der Waals surface area contributed by atoms with Crippen LogP contribution >= 0.6 is 0 Å². The third-order valence-electron chi connectivity index (χ3n) is 3.99. The molecule has 1 rings (SSSR count). The topological polar surface area (TPSA) is 38.8 Å². The van der Waals surface area contributed by atoms with Crippen molar-refractivity contribution in [2.75, 3.05) is 33.4 Å². The molecule has 0 saturated carbocycles. The van der Waals surface area contributed by atoms with E-state index in [2.05, 4.69) is 4.90 Å². The van der Waals surface area contributed by atoms with E-state index in [1.165, 1.54) is 0 Å². The van der Waals surface area contributed by atoms with E-state index in [-0.39, 0.29) is 11.4 Å². The van der Waals surface area contributed by atoms with Crippen molar-refractivity contribution in [3.8, 4) is 0 Å². The van der Waals surface area contributed by atoms with Crippen molar-refractivity contribution in [2.45, 2.75) is 51.7 Å². The van der Waals surface area contributed by atoms with Crippen LogP contribution in [0.5, 0.6) is 0 Å². The molecular weight excluding hydrogens is 230 g/mol. The van der Waals surface area contributed by atoms with E-state index in [0.29, 0.717) is 6.42 Å².